The van der Waals surface area contributed by atoms with E-state index in [9.17, 15) is 17.6 Å². The second kappa shape index (κ2) is 8.73. The highest BCUT2D eigenvalue weighted by molar-refractivity contribution is 7.99. The van der Waals surface area contributed by atoms with Gasteiger partial charge in [0.15, 0.2) is 12.9 Å². The lowest BCUT2D eigenvalue weighted by Gasteiger charge is -2.26. The van der Waals surface area contributed by atoms with Crippen LogP contribution < -0.4 is 4.74 Å². The molecule has 0 unspecified atom stereocenters. The van der Waals surface area contributed by atoms with E-state index in [1.165, 1.54) is 12.1 Å². The molecule has 0 atom stereocenters. The third-order valence-corrected chi connectivity index (χ3v) is 4.24. The van der Waals surface area contributed by atoms with E-state index in [2.05, 4.69) is 0 Å². The molecule has 2 rings (SSSR count). The van der Waals surface area contributed by atoms with Crippen LogP contribution in [0.15, 0.2) is 30.3 Å². The van der Waals surface area contributed by atoms with Crippen molar-refractivity contribution in [1.82, 2.24) is 0 Å². The van der Waals surface area contributed by atoms with E-state index in [-0.39, 0.29) is 5.75 Å². The smallest absolute Gasteiger partial charge is 0.340 e. The predicted octanol–water partition coefficient (Wildman–Crippen LogP) is 4.08. The summed E-state index contributed by atoms with van der Waals surface area (Å²) in [5, 5.41) is 0.331. The molecule has 1 aliphatic rings. The van der Waals surface area contributed by atoms with Gasteiger partial charge in [0.05, 0.1) is 18.5 Å². The fraction of sp³-hybridized carbons (Fsp3) is 0.500. The summed E-state index contributed by atoms with van der Waals surface area (Å²) in [6.45, 7) is -0.136. The standard InChI is InChI=1S/C16H18F4O3S/c1-24-13-8-21-14(22-9-13)7-4-11-2-5-12(6-3-11)23-10-16(19,20)15(17)18/h2-7,13-15H,8-10H2,1H3. The molecule has 1 heterocycles. The Labute approximate surface area is 142 Å². The van der Waals surface area contributed by atoms with Crippen LogP contribution in [0.3, 0.4) is 0 Å². The Bertz CT molecular complexity index is 529. The largest absolute Gasteiger partial charge is 0.487 e. The monoisotopic (exact) mass is 366 g/mol. The maximum atomic E-state index is 12.8. The number of rotatable bonds is 7. The Morgan fingerprint density at radius 1 is 1.25 bits per heavy atom. The summed E-state index contributed by atoms with van der Waals surface area (Å²) in [6, 6.07) is 6.13. The van der Waals surface area contributed by atoms with Gasteiger partial charge in [-0.05, 0) is 30.0 Å². The maximum Gasteiger partial charge on any atom is 0.340 e. The molecule has 0 aromatic heterocycles. The first-order chi connectivity index (χ1) is 11.4. The predicted molar refractivity (Wildman–Crippen MR) is 84.9 cm³/mol. The van der Waals surface area contributed by atoms with E-state index >= 15 is 0 Å². The number of halogens is 4. The van der Waals surface area contributed by atoms with Gasteiger partial charge < -0.3 is 14.2 Å². The van der Waals surface area contributed by atoms with Gasteiger partial charge in [-0.25, -0.2) is 8.78 Å². The van der Waals surface area contributed by atoms with Crippen molar-refractivity contribution in [3.8, 4) is 5.75 Å². The van der Waals surface area contributed by atoms with Crippen molar-refractivity contribution >= 4 is 17.8 Å². The maximum absolute atomic E-state index is 12.8. The van der Waals surface area contributed by atoms with E-state index in [1.807, 2.05) is 6.26 Å². The summed E-state index contributed by atoms with van der Waals surface area (Å²) in [6.07, 6.45) is 1.34. The Balaban J connectivity index is 1.83. The summed E-state index contributed by atoms with van der Waals surface area (Å²) in [5.74, 6) is -4.07. The average molecular weight is 366 g/mol. The van der Waals surface area contributed by atoms with Gasteiger partial charge in [-0.3, -0.25) is 0 Å². The van der Waals surface area contributed by atoms with Crippen molar-refractivity contribution in [3.05, 3.63) is 35.9 Å². The molecule has 8 heteroatoms. The molecule has 1 fully saturated rings. The molecule has 1 aromatic rings. The van der Waals surface area contributed by atoms with Crippen LogP contribution >= 0.6 is 11.8 Å². The average Bonchev–Trinajstić information content (AvgIpc) is 2.59. The number of hydrogen-bond acceptors (Lipinski definition) is 4. The van der Waals surface area contributed by atoms with Crippen LogP contribution in [0.1, 0.15) is 5.56 Å². The van der Waals surface area contributed by atoms with Crippen LogP contribution in [0.4, 0.5) is 17.6 Å². The van der Waals surface area contributed by atoms with Gasteiger partial charge >= 0.3 is 12.3 Å². The van der Waals surface area contributed by atoms with Gasteiger partial charge in [0.25, 0.3) is 0 Å². The molecule has 0 bridgehead atoms. The van der Waals surface area contributed by atoms with Gasteiger partial charge in [0.2, 0.25) is 0 Å². The van der Waals surface area contributed by atoms with Crippen LogP contribution in [0.25, 0.3) is 6.08 Å². The van der Waals surface area contributed by atoms with Crippen molar-refractivity contribution in [2.24, 2.45) is 0 Å². The molecule has 1 aromatic carbocycles. The second-order valence-electron chi connectivity index (χ2n) is 5.17. The van der Waals surface area contributed by atoms with Crippen molar-refractivity contribution in [1.29, 1.82) is 0 Å². The number of benzene rings is 1. The molecule has 134 valence electrons. The zero-order valence-electron chi connectivity index (χ0n) is 13.0. The molecule has 24 heavy (non-hydrogen) atoms. The minimum Gasteiger partial charge on any atom is -0.487 e. The minimum atomic E-state index is -4.16. The Morgan fingerprint density at radius 2 is 1.88 bits per heavy atom. The van der Waals surface area contributed by atoms with Crippen LogP contribution in [-0.2, 0) is 9.47 Å². The van der Waals surface area contributed by atoms with E-state index < -0.39 is 25.2 Å². The van der Waals surface area contributed by atoms with Gasteiger partial charge in [0.1, 0.15) is 5.75 Å². The Kier molecular flexibility index (Phi) is 6.94. The molecule has 0 spiro atoms. The van der Waals surface area contributed by atoms with Crippen molar-refractivity contribution < 1.29 is 31.8 Å². The topological polar surface area (TPSA) is 27.7 Å². The fourth-order valence-electron chi connectivity index (χ4n) is 1.86. The van der Waals surface area contributed by atoms with E-state index in [1.54, 1.807) is 36.0 Å². The number of ether oxygens (including phenoxy) is 3. The van der Waals surface area contributed by atoms with Crippen molar-refractivity contribution in [2.45, 2.75) is 23.9 Å². The first kappa shape index (κ1) is 19.1. The normalized spacial score (nSPS) is 22.2. The number of hydrogen-bond donors (Lipinski definition) is 0. The highest BCUT2D eigenvalue weighted by Crippen LogP contribution is 2.24. The SMILES string of the molecule is CSC1COC(C=Cc2ccc(OCC(F)(F)C(F)F)cc2)OC1. The van der Waals surface area contributed by atoms with Crippen LogP contribution in [0.5, 0.6) is 5.75 Å². The Morgan fingerprint density at radius 3 is 2.42 bits per heavy atom. The second-order valence-corrected chi connectivity index (χ2v) is 6.31. The summed E-state index contributed by atoms with van der Waals surface area (Å²) in [5.41, 5.74) is 0.780. The lowest BCUT2D eigenvalue weighted by molar-refractivity contribution is -0.148. The third kappa shape index (κ3) is 5.68. The Hall–Kier alpha value is -1.25. The molecular weight excluding hydrogens is 348 g/mol. The van der Waals surface area contributed by atoms with E-state index in [4.69, 9.17) is 14.2 Å². The quantitative estimate of drug-likeness (QED) is 0.680. The van der Waals surface area contributed by atoms with Gasteiger partial charge in [-0.1, -0.05) is 18.2 Å². The van der Waals surface area contributed by atoms with Crippen LogP contribution in [0.2, 0.25) is 0 Å². The zero-order valence-corrected chi connectivity index (χ0v) is 13.8. The van der Waals surface area contributed by atoms with Gasteiger partial charge in [-0.15, -0.1) is 0 Å². The van der Waals surface area contributed by atoms with Crippen molar-refractivity contribution in [2.75, 3.05) is 26.1 Å². The summed E-state index contributed by atoms with van der Waals surface area (Å²) in [4.78, 5) is 0. The molecule has 0 N–H and O–H groups in total. The van der Waals surface area contributed by atoms with Gasteiger partial charge in [-0.2, -0.15) is 20.5 Å². The van der Waals surface area contributed by atoms with Crippen molar-refractivity contribution in [3.63, 3.8) is 0 Å². The molecule has 0 saturated carbocycles. The molecule has 3 nitrogen and oxygen atoms in total. The highest BCUT2D eigenvalue weighted by Gasteiger charge is 2.41. The molecule has 0 radical (unpaired) electrons. The molecule has 0 amide bonds. The lowest BCUT2D eigenvalue weighted by Crippen LogP contribution is -2.33. The van der Waals surface area contributed by atoms with E-state index in [0.29, 0.717) is 18.5 Å². The van der Waals surface area contributed by atoms with Crippen LogP contribution in [-0.4, -0.2) is 50.0 Å². The summed E-state index contributed by atoms with van der Waals surface area (Å²) >= 11 is 1.68. The molecule has 1 aliphatic heterocycles. The first-order valence-electron chi connectivity index (χ1n) is 7.24. The zero-order chi connectivity index (χ0) is 17.6. The molecule has 0 aliphatic carbocycles. The van der Waals surface area contributed by atoms with Gasteiger partial charge in [0, 0.05) is 0 Å². The summed E-state index contributed by atoms with van der Waals surface area (Å²) < 4.78 is 65.4. The summed E-state index contributed by atoms with van der Waals surface area (Å²) in [7, 11) is 0. The fourth-order valence-corrected chi connectivity index (χ4v) is 2.28. The lowest BCUT2D eigenvalue weighted by atomic mass is 10.2. The molecule has 1 saturated heterocycles. The number of alkyl halides is 4. The number of thioether (sulfide) groups is 1. The highest BCUT2D eigenvalue weighted by atomic mass is 32.2. The first-order valence-corrected chi connectivity index (χ1v) is 8.52. The minimum absolute atomic E-state index is 0.0976. The molecular formula is C16H18F4O3S. The van der Waals surface area contributed by atoms with E-state index in [0.717, 1.165) is 5.56 Å². The van der Waals surface area contributed by atoms with Crippen LogP contribution in [0, 0.1) is 0 Å². The third-order valence-electron chi connectivity index (χ3n) is 3.30.